The van der Waals surface area contributed by atoms with Crippen molar-refractivity contribution in [1.29, 1.82) is 0 Å². The molecule has 0 saturated heterocycles. The van der Waals surface area contributed by atoms with Gasteiger partial charge in [-0.15, -0.1) is 13.2 Å². The third kappa shape index (κ3) is 1370. The molecule has 0 aliphatic heterocycles. The molecule has 0 aromatic carbocycles. The van der Waals surface area contributed by atoms with Gasteiger partial charge >= 0.3 is 45.2 Å². The van der Waals surface area contributed by atoms with E-state index in [1.54, 1.807) is 0 Å². The van der Waals surface area contributed by atoms with Crippen LogP contribution in [0.25, 0.3) is 0 Å². The van der Waals surface area contributed by atoms with Crippen LogP contribution in [0.15, 0.2) is 13.2 Å². The fourth-order valence-corrected chi connectivity index (χ4v) is 0. The molecule has 0 N–H and O–H groups in total. The molecule has 0 radical (unpaired) electrons. The summed E-state index contributed by atoms with van der Waals surface area (Å²) in [6.07, 6.45) is 0. The minimum absolute atomic E-state index is 0. The molecule has 5 heteroatoms. The van der Waals surface area contributed by atoms with E-state index in [-0.39, 0.29) is 21.1 Å². The van der Waals surface area contributed by atoms with E-state index < -0.39 is 0 Å². The average Bonchev–Trinajstić information content (AvgIpc) is 2.20. The Kier molecular flexibility index (Phi) is 7630. The van der Waals surface area contributed by atoms with Gasteiger partial charge in [0.2, 0.25) is 0 Å². The molecule has 0 spiro atoms. The van der Waals surface area contributed by atoms with Gasteiger partial charge < -0.3 is 0 Å². The monoisotopic (exact) mass is 238 g/mol. The summed E-state index contributed by atoms with van der Waals surface area (Å²) in [5.41, 5.74) is 0. The Morgan fingerprint density at radius 2 is 0.545 bits per heavy atom. The quantitative estimate of drug-likeness (QED) is 0.256. The molecule has 0 amide bonds. The van der Waals surface area contributed by atoms with Gasteiger partial charge in [-0.05, 0) is 0 Å². The van der Waals surface area contributed by atoms with Crippen LogP contribution in [0.5, 0.6) is 0 Å². The van der Waals surface area contributed by atoms with Crippen molar-refractivity contribution in [2.75, 3.05) is 0 Å². The Hall–Kier alpha value is -0.612. The van der Waals surface area contributed by atoms with Crippen molar-refractivity contribution in [2.45, 2.75) is 0 Å². The molecular formula is C6H4MoO4. The van der Waals surface area contributed by atoms with E-state index in [0.29, 0.717) is 0 Å². The van der Waals surface area contributed by atoms with Crippen LogP contribution in [0.2, 0.25) is 0 Å². The van der Waals surface area contributed by atoms with Gasteiger partial charge in [0, 0.05) is 21.1 Å². The molecule has 0 fully saturated rings. The Morgan fingerprint density at radius 3 is 0.545 bits per heavy atom. The fourth-order valence-electron chi connectivity index (χ4n) is 0. The average molecular weight is 236 g/mol. The van der Waals surface area contributed by atoms with Crippen LogP contribution >= 0.6 is 0 Å². The van der Waals surface area contributed by atoms with Crippen molar-refractivity contribution >= 4 is 0 Å². The SMILES string of the molecule is C=C.[C-]#[O+].[C-]#[O+].[C-]#[O+].[C-]#[O+].[Mo]. The van der Waals surface area contributed by atoms with Crippen LogP contribution in [0, 0.1) is 26.6 Å². The van der Waals surface area contributed by atoms with Gasteiger partial charge in [0.05, 0.1) is 0 Å². The first-order chi connectivity index (χ1) is 5.00. The van der Waals surface area contributed by atoms with E-state index in [2.05, 4.69) is 39.8 Å². The standard InChI is InChI=1S/C2H4.4CO.Mo/c5*1-2;/h1-2H2;;;;;. The first-order valence-electron chi connectivity index (χ1n) is 1.32. The summed E-state index contributed by atoms with van der Waals surface area (Å²) in [5, 5.41) is 0. The van der Waals surface area contributed by atoms with Crippen LogP contribution < -0.4 is 0 Å². The van der Waals surface area contributed by atoms with Gasteiger partial charge in [-0.2, -0.15) is 0 Å². The molecule has 0 heterocycles. The molecule has 0 aromatic heterocycles. The first kappa shape index (κ1) is 47.5. The summed E-state index contributed by atoms with van der Waals surface area (Å²) >= 11 is 0. The Balaban J connectivity index is -0.00000000694. The van der Waals surface area contributed by atoms with Gasteiger partial charge in [0.25, 0.3) is 0 Å². The van der Waals surface area contributed by atoms with Crippen LogP contribution in [0.4, 0.5) is 0 Å². The minimum atomic E-state index is 0. The summed E-state index contributed by atoms with van der Waals surface area (Å²) < 4.78 is 30.0. The maximum Gasteiger partial charge on any atom is 0 e. The fraction of sp³-hybridized carbons (Fsp3) is 0. The molecule has 0 bridgehead atoms. The van der Waals surface area contributed by atoms with Crippen molar-refractivity contribution in [1.82, 2.24) is 0 Å². The van der Waals surface area contributed by atoms with Crippen LogP contribution in [0.3, 0.4) is 0 Å². The predicted octanol–water partition coefficient (Wildman–Crippen LogP) is 0.650. The molecule has 4 nitrogen and oxygen atoms in total. The first-order valence-corrected chi connectivity index (χ1v) is 1.32. The summed E-state index contributed by atoms with van der Waals surface area (Å²) in [6, 6.07) is 0. The zero-order valence-electron chi connectivity index (χ0n) is 5.46. The number of rotatable bonds is 0. The Morgan fingerprint density at radius 1 is 0.545 bits per heavy atom. The Bertz CT molecular complexity index is 67.7. The van der Waals surface area contributed by atoms with E-state index in [1.807, 2.05) is 0 Å². The molecule has 11 heavy (non-hydrogen) atoms. The topological polar surface area (TPSA) is 79.6 Å². The molecule has 58 valence electrons. The van der Waals surface area contributed by atoms with Crippen LogP contribution in [-0.2, 0) is 39.7 Å². The second kappa shape index (κ2) is 1770. The van der Waals surface area contributed by atoms with E-state index >= 15 is 0 Å². The maximum absolute atomic E-state index is 7.50. The van der Waals surface area contributed by atoms with Crippen molar-refractivity contribution in [3.05, 3.63) is 39.8 Å². The number of hydrogen-bond acceptors (Lipinski definition) is 0. The van der Waals surface area contributed by atoms with E-state index in [0.717, 1.165) is 0 Å². The molecule has 0 aromatic rings. The summed E-state index contributed by atoms with van der Waals surface area (Å²) in [4.78, 5) is 0. The van der Waals surface area contributed by atoms with Gasteiger partial charge in [0.1, 0.15) is 0 Å². The third-order valence-electron chi connectivity index (χ3n) is 0. The van der Waals surface area contributed by atoms with Gasteiger partial charge in [-0.25, -0.2) is 0 Å². The smallest absolute Gasteiger partial charge is 0 e. The predicted molar refractivity (Wildman–Crippen MR) is 27.0 cm³/mol. The molecular weight excluding hydrogens is 232 g/mol. The molecule has 0 aliphatic rings. The number of hydrogen-bond donors (Lipinski definition) is 0. The minimum Gasteiger partial charge on any atom is 0 e. The molecule has 0 saturated carbocycles. The van der Waals surface area contributed by atoms with Crippen molar-refractivity contribution in [3.63, 3.8) is 0 Å². The van der Waals surface area contributed by atoms with Crippen molar-refractivity contribution in [3.8, 4) is 0 Å². The van der Waals surface area contributed by atoms with E-state index in [9.17, 15) is 0 Å². The van der Waals surface area contributed by atoms with Crippen LogP contribution in [-0.4, -0.2) is 0 Å². The van der Waals surface area contributed by atoms with Gasteiger partial charge in [-0.1, -0.05) is 0 Å². The summed E-state index contributed by atoms with van der Waals surface area (Å²) in [5.74, 6) is 0. The second-order valence-corrected chi connectivity index (χ2v) is 0. The zero-order valence-corrected chi connectivity index (χ0v) is 7.46. The maximum atomic E-state index is 7.50. The molecule has 0 rings (SSSR count). The Labute approximate surface area is 79.8 Å². The molecule has 0 unspecified atom stereocenters. The van der Waals surface area contributed by atoms with Crippen LogP contribution in [0.1, 0.15) is 0 Å². The summed E-state index contributed by atoms with van der Waals surface area (Å²) in [6.45, 7) is 24.0. The van der Waals surface area contributed by atoms with Crippen molar-refractivity contribution in [2.24, 2.45) is 0 Å². The largest absolute Gasteiger partial charge is 0 e. The third-order valence-corrected chi connectivity index (χ3v) is 0. The zero-order chi connectivity index (χ0) is 10.0. The molecule has 0 atom stereocenters. The van der Waals surface area contributed by atoms with Crippen molar-refractivity contribution < 1.29 is 39.7 Å². The van der Waals surface area contributed by atoms with Gasteiger partial charge in [-0.3, -0.25) is 0 Å². The van der Waals surface area contributed by atoms with E-state index in [4.69, 9.17) is 18.6 Å². The molecule has 0 aliphatic carbocycles. The van der Waals surface area contributed by atoms with Gasteiger partial charge in [0.15, 0.2) is 0 Å². The second-order valence-electron chi connectivity index (χ2n) is 0. The summed E-state index contributed by atoms with van der Waals surface area (Å²) in [7, 11) is 0. The normalized spacial score (nSPS) is 1.09. The van der Waals surface area contributed by atoms with E-state index in [1.165, 1.54) is 0 Å².